The average molecular weight is 505 g/mol. The molecule has 0 bridgehead atoms. The number of carbonyl (C=O) groups is 2. The minimum absolute atomic E-state index is 0.183. The normalized spacial score (nSPS) is 11.1. The van der Waals surface area contributed by atoms with Crippen LogP contribution in [0.5, 0.6) is 5.75 Å². The standard InChI is InChI=1S/C24H20Cl3N3O3/c1-14-11-17(25)6-10-22(14)33-13-23(31)30-29-15(2)16-3-7-19(8-4-16)28-24(32)20-9-5-18(26)12-21(20)27/h3-12H,13H2,1-2H3,(H,28,32)(H,30,31)/b29-15+. The number of benzene rings is 3. The van der Waals surface area contributed by atoms with E-state index in [2.05, 4.69) is 15.8 Å². The third kappa shape index (κ3) is 6.96. The molecule has 0 heterocycles. The van der Waals surface area contributed by atoms with Crippen LogP contribution in [0.3, 0.4) is 0 Å². The third-order valence-corrected chi connectivity index (χ3v) is 5.36. The fraction of sp³-hybridized carbons (Fsp3) is 0.125. The molecule has 2 amide bonds. The zero-order valence-corrected chi connectivity index (χ0v) is 20.1. The first-order valence-electron chi connectivity index (χ1n) is 9.82. The van der Waals surface area contributed by atoms with E-state index >= 15 is 0 Å². The lowest BCUT2D eigenvalue weighted by atomic mass is 10.1. The van der Waals surface area contributed by atoms with E-state index in [0.29, 0.717) is 32.8 Å². The van der Waals surface area contributed by atoms with Crippen molar-refractivity contribution in [3.8, 4) is 5.75 Å². The highest BCUT2D eigenvalue weighted by molar-refractivity contribution is 6.37. The van der Waals surface area contributed by atoms with Crippen LogP contribution in [0.25, 0.3) is 0 Å². The SMILES string of the molecule is C/C(=N\NC(=O)COc1ccc(Cl)cc1C)c1ccc(NC(=O)c2ccc(Cl)cc2Cl)cc1. The van der Waals surface area contributed by atoms with Gasteiger partial charge in [-0.2, -0.15) is 5.10 Å². The molecule has 0 aliphatic rings. The van der Waals surface area contributed by atoms with E-state index in [0.717, 1.165) is 11.1 Å². The highest BCUT2D eigenvalue weighted by Gasteiger charge is 2.11. The summed E-state index contributed by atoms with van der Waals surface area (Å²) in [5, 5.41) is 8.20. The zero-order valence-electron chi connectivity index (χ0n) is 17.8. The van der Waals surface area contributed by atoms with Crippen molar-refractivity contribution in [3.63, 3.8) is 0 Å². The van der Waals surface area contributed by atoms with E-state index < -0.39 is 5.91 Å². The summed E-state index contributed by atoms with van der Waals surface area (Å²) in [6, 6.07) is 16.8. The van der Waals surface area contributed by atoms with Crippen molar-refractivity contribution >= 4 is 58.0 Å². The molecule has 0 atom stereocenters. The highest BCUT2D eigenvalue weighted by atomic mass is 35.5. The van der Waals surface area contributed by atoms with Gasteiger partial charge in [-0.3, -0.25) is 9.59 Å². The molecular weight excluding hydrogens is 485 g/mol. The fourth-order valence-corrected chi connectivity index (χ4v) is 3.55. The van der Waals surface area contributed by atoms with Crippen LogP contribution in [-0.2, 0) is 4.79 Å². The molecule has 170 valence electrons. The molecule has 2 N–H and O–H groups in total. The number of nitrogens with zero attached hydrogens (tertiary/aromatic N) is 1. The van der Waals surface area contributed by atoms with Crippen LogP contribution >= 0.6 is 34.8 Å². The van der Waals surface area contributed by atoms with E-state index in [1.165, 1.54) is 6.07 Å². The van der Waals surface area contributed by atoms with Crippen molar-refractivity contribution in [2.24, 2.45) is 5.10 Å². The number of amides is 2. The molecule has 3 rings (SSSR count). The maximum Gasteiger partial charge on any atom is 0.277 e. The monoisotopic (exact) mass is 503 g/mol. The molecule has 33 heavy (non-hydrogen) atoms. The third-order valence-electron chi connectivity index (χ3n) is 4.58. The maximum atomic E-state index is 12.4. The molecule has 0 fully saturated rings. The molecule has 9 heteroatoms. The Bertz CT molecular complexity index is 1210. The van der Waals surface area contributed by atoms with Gasteiger partial charge in [-0.25, -0.2) is 5.43 Å². The van der Waals surface area contributed by atoms with E-state index in [1.807, 2.05) is 6.92 Å². The molecule has 3 aromatic rings. The number of hydrazone groups is 1. The van der Waals surface area contributed by atoms with Crippen LogP contribution in [0, 0.1) is 6.92 Å². The van der Waals surface area contributed by atoms with Gasteiger partial charge in [-0.05, 0) is 73.5 Å². The predicted octanol–water partition coefficient (Wildman–Crippen LogP) is 6.13. The summed E-state index contributed by atoms with van der Waals surface area (Å²) in [5.74, 6) is -0.168. The average Bonchev–Trinajstić information content (AvgIpc) is 2.77. The van der Waals surface area contributed by atoms with Gasteiger partial charge in [0, 0.05) is 15.7 Å². The number of ether oxygens (including phenoxy) is 1. The minimum Gasteiger partial charge on any atom is -0.483 e. The summed E-state index contributed by atoms with van der Waals surface area (Å²) in [4.78, 5) is 24.5. The highest BCUT2D eigenvalue weighted by Crippen LogP contribution is 2.23. The molecule has 3 aromatic carbocycles. The Hall–Kier alpha value is -3.06. The molecule has 0 aromatic heterocycles. The number of hydrogen-bond acceptors (Lipinski definition) is 4. The number of aryl methyl sites for hydroxylation is 1. The summed E-state index contributed by atoms with van der Waals surface area (Å²) in [5.41, 5.74) is 5.56. The number of rotatable bonds is 7. The Morgan fingerprint density at radius 1 is 0.939 bits per heavy atom. The number of anilines is 1. The van der Waals surface area contributed by atoms with Crippen LogP contribution in [0.15, 0.2) is 65.8 Å². The van der Waals surface area contributed by atoms with Crippen LogP contribution in [0.4, 0.5) is 5.69 Å². The summed E-state index contributed by atoms with van der Waals surface area (Å²) in [6.45, 7) is 3.42. The van der Waals surface area contributed by atoms with Crippen molar-refractivity contribution in [1.29, 1.82) is 0 Å². The number of carbonyl (C=O) groups excluding carboxylic acids is 2. The van der Waals surface area contributed by atoms with Gasteiger partial charge in [0.15, 0.2) is 6.61 Å². The van der Waals surface area contributed by atoms with Gasteiger partial charge in [0.05, 0.1) is 16.3 Å². The fourth-order valence-electron chi connectivity index (χ4n) is 2.83. The lowest BCUT2D eigenvalue weighted by molar-refractivity contribution is -0.123. The van der Waals surface area contributed by atoms with Gasteiger partial charge < -0.3 is 10.1 Å². The number of nitrogens with one attached hydrogen (secondary N) is 2. The summed E-state index contributed by atoms with van der Waals surface area (Å²) >= 11 is 17.9. The summed E-state index contributed by atoms with van der Waals surface area (Å²) in [6.07, 6.45) is 0. The van der Waals surface area contributed by atoms with Crippen molar-refractivity contribution in [1.82, 2.24) is 5.43 Å². The van der Waals surface area contributed by atoms with E-state index in [1.54, 1.807) is 61.5 Å². The molecule has 0 radical (unpaired) electrons. The molecule has 0 aliphatic carbocycles. The topological polar surface area (TPSA) is 79.8 Å². The van der Waals surface area contributed by atoms with E-state index in [4.69, 9.17) is 39.5 Å². The van der Waals surface area contributed by atoms with Crippen molar-refractivity contribution in [2.45, 2.75) is 13.8 Å². The van der Waals surface area contributed by atoms with E-state index in [-0.39, 0.29) is 17.5 Å². The first-order chi connectivity index (χ1) is 15.7. The zero-order chi connectivity index (χ0) is 24.0. The van der Waals surface area contributed by atoms with Crippen molar-refractivity contribution in [2.75, 3.05) is 11.9 Å². The maximum absolute atomic E-state index is 12.4. The van der Waals surface area contributed by atoms with Gasteiger partial charge in [0.2, 0.25) is 0 Å². The van der Waals surface area contributed by atoms with Crippen molar-refractivity contribution < 1.29 is 14.3 Å². The molecule has 0 saturated carbocycles. The van der Waals surface area contributed by atoms with Crippen molar-refractivity contribution in [3.05, 3.63) is 92.4 Å². The molecule has 0 aliphatic heterocycles. The van der Waals surface area contributed by atoms with Gasteiger partial charge in [0.1, 0.15) is 5.75 Å². The minimum atomic E-state index is -0.396. The lowest BCUT2D eigenvalue weighted by Gasteiger charge is -2.09. The molecule has 6 nitrogen and oxygen atoms in total. The second-order valence-electron chi connectivity index (χ2n) is 7.09. The Kier molecular flexibility index (Phi) is 8.33. The Labute approximate surface area is 206 Å². The smallest absolute Gasteiger partial charge is 0.277 e. The van der Waals surface area contributed by atoms with Gasteiger partial charge >= 0.3 is 0 Å². The Balaban J connectivity index is 1.55. The first kappa shape index (κ1) is 24.6. The van der Waals surface area contributed by atoms with Crippen LogP contribution < -0.4 is 15.5 Å². The van der Waals surface area contributed by atoms with Crippen LogP contribution in [-0.4, -0.2) is 24.1 Å². The Morgan fingerprint density at radius 3 is 2.27 bits per heavy atom. The van der Waals surface area contributed by atoms with Crippen LogP contribution in [0.1, 0.15) is 28.4 Å². The molecule has 0 spiro atoms. The quantitative estimate of drug-likeness (QED) is 0.300. The summed E-state index contributed by atoms with van der Waals surface area (Å²) < 4.78 is 5.50. The first-order valence-corrected chi connectivity index (χ1v) is 11.0. The second kappa shape index (κ2) is 11.2. The van der Waals surface area contributed by atoms with Gasteiger partial charge in [-0.1, -0.05) is 46.9 Å². The Morgan fingerprint density at radius 2 is 1.61 bits per heavy atom. The largest absolute Gasteiger partial charge is 0.483 e. The predicted molar refractivity (Wildman–Crippen MR) is 133 cm³/mol. The summed E-state index contributed by atoms with van der Waals surface area (Å²) in [7, 11) is 0. The molecule has 0 unspecified atom stereocenters. The molecular formula is C24H20Cl3N3O3. The molecule has 0 saturated heterocycles. The van der Waals surface area contributed by atoms with E-state index in [9.17, 15) is 9.59 Å². The number of halogens is 3. The number of hydrogen-bond donors (Lipinski definition) is 2. The van der Waals surface area contributed by atoms with Gasteiger partial charge in [0.25, 0.3) is 11.8 Å². The van der Waals surface area contributed by atoms with Crippen LogP contribution in [0.2, 0.25) is 15.1 Å². The lowest BCUT2D eigenvalue weighted by Crippen LogP contribution is -2.25. The van der Waals surface area contributed by atoms with Gasteiger partial charge in [-0.15, -0.1) is 0 Å². The second-order valence-corrected chi connectivity index (χ2v) is 8.37.